The molecular formula is C26H28N4O2. The number of ether oxygens (including phenoxy) is 1. The highest BCUT2D eigenvalue weighted by Gasteiger charge is 2.11. The zero-order chi connectivity index (χ0) is 22.2. The Morgan fingerprint density at radius 2 is 1.78 bits per heavy atom. The Balaban J connectivity index is 1.34. The number of unbranched alkanes of at least 4 members (excludes halogenated alkanes) is 1. The van der Waals surface area contributed by atoms with Crippen LogP contribution in [0.1, 0.15) is 34.6 Å². The molecule has 0 unspecified atom stereocenters. The van der Waals surface area contributed by atoms with Gasteiger partial charge in [0, 0.05) is 37.5 Å². The van der Waals surface area contributed by atoms with Crippen molar-refractivity contribution in [3.05, 3.63) is 90.0 Å². The average Bonchev–Trinajstić information content (AvgIpc) is 3.18. The Morgan fingerprint density at radius 1 is 1.00 bits per heavy atom. The summed E-state index contributed by atoms with van der Waals surface area (Å²) in [5.74, 6) is 1.84. The summed E-state index contributed by atoms with van der Waals surface area (Å²) in [5, 5.41) is 2.98. The van der Waals surface area contributed by atoms with Gasteiger partial charge >= 0.3 is 0 Å². The van der Waals surface area contributed by atoms with Crippen LogP contribution in [0.4, 0.5) is 0 Å². The molecule has 0 aliphatic rings. The van der Waals surface area contributed by atoms with Crippen molar-refractivity contribution in [2.75, 3.05) is 13.2 Å². The maximum absolute atomic E-state index is 12.3. The Kier molecular flexibility index (Phi) is 7.12. The molecule has 2 heterocycles. The van der Waals surface area contributed by atoms with Crippen LogP contribution in [0.25, 0.3) is 11.0 Å². The number of pyridine rings is 1. The predicted molar refractivity (Wildman–Crippen MR) is 126 cm³/mol. The standard InChI is InChI=1S/C26H28N4O2/c1-20-8-2-5-11-24(20)32-19-7-6-18-30-23-10-4-3-9-22(23)29-25(30)14-17-28-26(31)21-12-15-27-16-13-21/h2-5,8-13,15-16H,6-7,14,17-19H2,1H3,(H,28,31). The topological polar surface area (TPSA) is 69.0 Å². The van der Waals surface area contributed by atoms with Crippen LogP contribution < -0.4 is 10.1 Å². The van der Waals surface area contributed by atoms with E-state index >= 15 is 0 Å². The normalized spacial score (nSPS) is 10.9. The number of rotatable bonds is 10. The summed E-state index contributed by atoms with van der Waals surface area (Å²) in [7, 11) is 0. The van der Waals surface area contributed by atoms with Crippen molar-refractivity contribution in [2.24, 2.45) is 0 Å². The first-order chi connectivity index (χ1) is 15.7. The molecule has 1 amide bonds. The maximum atomic E-state index is 12.3. The lowest BCUT2D eigenvalue weighted by Gasteiger charge is -2.11. The van der Waals surface area contributed by atoms with Gasteiger partial charge in [0.1, 0.15) is 11.6 Å². The molecule has 0 spiro atoms. The van der Waals surface area contributed by atoms with Gasteiger partial charge in [-0.2, -0.15) is 0 Å². The molecule has 0 saturated heterocycles. The van der Waals surface area contributed by atoms with Gasteiger partial charge < -0.3 is 14.6 Å². The zero-order valence-corrected chi connectivity index (χ0v) is 18.3. The number of hydrogen-bond acceptors (Lipinski definition) is 4. The Morgan fingerprint density at radius 3 is 2.62 bits per heavy atom. The van der Waals surface area contributed by atoms with Gasteiger partial charge in [0.25, 0.3) is 5.91 Å². The molecule has 2 aromatic carbocycles. The molecule has 1 N–H and O–H groups in total. The number of amides is 1. The highest BCUT2D eigenvalue weighted by molar-refractivity contribution is 5.93. The van der Waals surface area contributed by atoms with E-state index in [4.69, 9.17) is 9.72 Å². The first-order valence-corrected chi connectivity index (χ1v) is 11.0. The van der Waals surface area contributed by atoms with Crippen LogP contribution in [0.3, 0.4) is 0 Å². The minimum atomic E-state index is -0.0941. The second-order valence-corrected chi connectivity index (χ2v) is 7.73. The van der Waals surface area contributed by atoms with Crippen molar-refractivity contribution in [3.8, 4) is 5.75 Å². The fraction of sp³-hybridized carbons (Fsp3) is 0.269. The van der Waals surface area contributed by atoms with Crippen molar-refractivity contribution >= 4 is 16.9 Å². The van der Waals surface area contributed by atoms with Gasteiger partial charge in [0.05, 0.1) is 17.6 Å². The molecular weight excluding hydrogens is 400 g/mol. The molecule has 0 atom stereocenters. The van der Waals surface area contributed by atoms with Gasteiger partial charge in [-0.1, -0.05) is 30.3 Å². The van der Waals surface area contributed by atoms with Gasteiger partial charge in [-0.15, -0.1) is 0 Å². The second kappa shape index (κ2) is 10.6. The summed E-state index contributed by atoms with van der Waals surface area (Å²) < 4.78 is 8.20. The number of carbonyl (C=O) groups excluding carboxylic acids is 1. The van der Waals surface area contributed by atoms with E-state index in [1.807, 2.05) is 36.4 Å². The van der Waals surface area contributed by atoms with Crippen molar-refractivity contribution in [3.63, 3.8) is 0 Å². The van der Waals surface area contributed by atoms with Gasteiger partial charge in [-0.05, 0) is 55.7 Å². The fourth-order valence-electron chi connectivity index (χ4n) is 3.73. The van der Waals surface area contributed by atoms with Gasteiger partial charge in [0.2, 0.25) is 0 Å². The SMILES string of the molecule is Cc1ccccc1OCCCCn1c(CCNC(=O)c2ccncc2)nc2ccccc21. The fourth-order valence-corrected chi connectivity index (χ4v) is 3.73. The smallest absolute Gasteiger partial charge is 0.251 e. The highest BCUT2D eigenvalue weighted by Crippen LogP contribution is 2.19. The molecule has 0 aliphatic carbocycles. The monoisotopic (exact) mass is 428 g/mol. The first kappa shape index (κ1) is 21.6. The minimum absolute atomic E-state index is 0.0941. The van der Waals surface area contributed by atoms with Crippen LogP contribution in [0.2, 0.25) is 0 Å². The lowest BCUT2D eigenvalue weighted by molar-refractivity contribution is 0.0954. The van der Waals surface area contributed by atoms with Gasteiger partial charge in [-0.25, -0.2) is 4.98 Å². The van der Waals surface area contributed by atoms with Crippen LogP contribution in [0.15, 0.2) is 73.1 Å². The van der Waals surface area contributed by atoms with E-state index in [0.717, 1.165) is 47.6 Å². The van der Waals surface area contributed by atoms with Crippen LogP contribution in [-0.2, 0) is 13.0 Å². The van der Waals surface area contributed by atoms with E-state index < -0.39 is 0 Å². The largest absolute Gasteiger partial charge is 0.493 e. The lowest BCUT2D eigenvalue weighted by Crippen LogP contribution is -2.26. The minimum Gasteiger partial charge on any atom is -0.493 e. The van der Waals surface area contributed by atoms with Crippen LogP contribution in [-0.4, -0.2) is 33.6 Å². The van der Waals surface area contributed by atoms with Crippen molar-refractivity contribution in [1.29, 1.82) is 0 Å². The molecule has 32 heavy (non-hydrogen) atoms. The van der Waals surface area contributed by atoms with Crippen molar-refractivity contribution in [1.82, 2.24) is 19.9 Å². The number of benzene rings is 2. The average molecular weight is 429 g/mol. The van der Waals surface area contributed by atoms with Crippen LogP contribution >= 0.6 is 0 Å². The molecule has 6 heteroatoms. The Bertz CT molecular complexity index is 1170. The number of nitrogens with zero attached hydrogens (tertiary/aromatic N) is 3. The lowest BCUT2D eigenvalue weighted by atomic mass is 10.2. The molecule has 0 radical (unpaired) electrons. The molecule has 4 rings (SSSR count). The van der Waals surface area contributed by atoms with Gasteiger partial charge in [0.15, 0.2) is 0 Å². The van der Waals surface area contributed by atoms with Crippen molar-refractivity contribution in [2.45, 2.75) is 32.7 Å². The van der Waals surface area contributed by atoms with Crippen molar-refractivity contribution < 1.29 is 9.53 Å². The second-order valence-electron chi connectivity index (χ2n) is 7.73. The highest BCUT2D eigenvalue weighted by atomic mass is 16.5. The number of aryl methyl sites for hydroxylation is 2. The molecule has 6 nitrogen and oxygen atoms in total. The van der Waals surface area contributed by atoms with Crippen LogP contribution in [0, 0.1) is 6.92 Å². The molecule has 164 valence electrons. The number of nitrogens with one attached hydrogen (secondary N) is 1. The van der Waals surface area contributed by atoms with E-state index in [1.54, 1.807) is 24.5 Å². The summed E-state index contributed by atoms with van der Waals surface area (Å²) in [5.41, 5.74) is 3.88. The Labute approximate surface area is 188 Å². The number of fused-ring (bicyclic) bond motifs is 1. The number of para-hydroxylation sites is 3. The third kappa shape index (κ3) is 5.32. The molecule has 0 aliphatic heterocycles. The van der Waals surface area contributed by atoms with E-state index in [1.165, 1.54) is 0 Å². The number of aromatic nitrogens is 3. The molecule has 0 fully saturated rings. The van der Waals surface area contributed by atoms with E-state index in [9.17, 15) is 4.79 Å². The zero-order valence-electron chi connectivity index (χ0n) is 18.3. The predicted octanol–water partition coefficient (Wildman–Crippen LogP) is 4.57. The van der Waals surface area contributed by atoms with Gasteiger partial charge in [-0.3, -0.25) is 9.78 Å². The molecule has 2 aromatic heterocycles. The summed E-state index contributed by atoms with van der Waals surface area (Å²) in [6, 6.07) is 19.7. The summed E-state index contributed by atoms with van der Waals surface area (Å²) in [6.45, 7) is 4.15. The summed E-state index contributed by atoms with van der Waals surface area (Å²) in [6.07, 6.45) is 5.86. The number of hydrogen-bond donors (Lipinski definition) is 1. The summed E-state index contributed by atoms with van der Waals surface area (Å²) >= 11 is 0. The number of carbonyl (C=O) groups is 1. The number of imidazole rings is 1. The van der Waals surface area contributed by atoms with Crippen LogP contribution in [0.5, 0.6) is 5.75 Å². The molecule has 0 saturated carbocycles. The Hall–Kier alpha value is -3.67. The molecule has 0 bridgehead atoms. The third-order valence-corrected chi connectivity index (χ3v) is 5.44. The van der Waals surface area contributed by atoms with E-state index in [-0.39, 0.29) is 5.91 Å². The first-order valence-electron chi connectivity index (χ1n) is 11.0. The maximum Gasteiger partial charge on any atom is 0.251 e. The summed E-state index contributed by atoms with van der Waals surface area (Å²) in [4.78, 5) is 21.1. The quantitative estimate of drug-likeness (QED) is 0.376. The molecule has 4 aromatic rings. The van der Waals surface area contributed by atoms with E-state index in [0.29, 0.717) is 25.1 Å². The van der Waals surface area contributed by atoms with E-state index in [2.05, 4.69) is 33.9 Å². The third-order valence-electron chi connectivity index (χ3n) is 5.44.